The number of hydrogen-bond acceptors (Lipinski definition) is 5. The largest absolute Gasteiger partial charge is 0.416 e. The highest BCUT2D eigenvalue weighted by molar-refractivity contribution is 5.89. The van der Waals surface area contributed by atoms with Crippen LogP contribution in [0.3, 0.4) is 0 Å². The van der Waals surface area contributed by atoms with E-state index in [0.29, 0.717) is 41.1 Å². The second kappa shape index (κ2) is 7.08. The molecule has 160 valence electrons. The van der Waals surface area contributed by atoms with E-state index in [-0.39, 0.29) is 11.1 Å². The van der Waals surface area contributed by atoms with Crippen LogP contribution in [0.1, 0.15) is 48.5 Å². The summed E-state index contributed by atoms with van der Waals surface area (Å²) in [5, 5.41) is 13.2. The molecule has 2 aromatic heterocycles. The average Bonchev–Trinajstić information content (AvgIpc) is 3.51. The lowest BCUT2D eigenvalue weighted by Gasteiger charge is -2.19. The molecular formula is C22H20F3N5O. The summed E-state index contributed by atoms with van der Waals surface area (Å²) in [4.78, 5) is 21.6. The molecule has 9 heteroatoms. The molecule has 3 aromatic rings. The molecule has 1 aliphatic rings. The van der Waals surface area contributed by atoms with Crippen LogP contribution in [0.25, 0.3) is 10.9 Å². The van der Waals surface area contributed by atoms with Gasteiger partial charge in [-0.25, -0.2) is 9.97 Å². The first kappa shape index (κ1) is 20.8. The van der Waals surface area contributed by atoms with Gasteiger partial charge in [-0.15, -0.1) is 0 Å². The van der Waals surface area contributed by atoms with Crippen molar-refractivity contribution in [1.82, 2.24) is 14.5 Å². The molecule has 1 fully saturated rings. The molecule has 0 amide bonds. The molecule has 6 nitrogen and oxygen atoms in total. The first-order valence-corrected chi connectivity index (χ1v) is 9.79. The number of alkyl halides is 3. The Morgan fingerprint density at radius 1 is 1.26 bits per heavy atom. The molecule has 1 saturated carbocycles. The van der Waals surface area contributed by atoms with E-state index < -0.39 is 23.2 Å². The van der Waals surface area contributed by atoms with Gasteiger partial charge in [-0.2, -0.15) is 18.4 Å². The van der Waals surface area contributed by atoms with Crippen molar-refractivity contribution in [2.75, 3.05) is 5.32 Å². The van der Waals surface area contributed by atoms with Crippen LogP contribution in [-0.4, -0.2) is 14.5 Å². The molecule has 0 saturated heterocycles. The van der Waals surface area contributed by atoms with Crippen molar-refractivity contribution in [2.45, 2.75) is 44.3 Å². The normalized spacial score (nSPS) is 16.0. The van der Waals surface area contributed by atoms with Crippen LogP contribution in [0.4, 0.5) is 19.0 Å². The van der Waals surface area contributed by atoms with Gasteiger partial charge in [0.1, 0.15) is 17.2 Å². The molecule has 0 bridgehead atoms. The van der Waals surface area contributed by atoms with Gasteiger partial charge in [-0.3, -0.25) is 4.79 Å². The molecule has 4 rings (SSSR count). The maximum atomic E-state index is 13.1. The maximum absolute atomic E-state index is 13.1. The van der Waals surface area contributed by atoms with Crippen LogP contribution in [0, 0.1) is 18.3 Å². The van der Waals surface area contributed by atoms with Gasteiger partial charge in [0.05, 0.1) is 22.4 Å². The zero-order valence-corrected chi connectivity index (χ0v) is 17.2. The summed E-state index contributed by atoms with van der Waals surface area (Å²) in [6.45, 7) is 3.36. The van der Waals surface area contributed by atoms with Gasteiger partial charge in [-0.1, -0.05) is 12.1 Å². The first-order valence-electron chi connectivity index (χ1n) is 9.79. The number of nitrogens with one attached hydrogen (secondary N) is 1. The molecule has 1 N–H and O–H groups in total. The Hall–Kier alpha value is -3.41. The quantitative estimate of drug-likeness (QED) is 0.668. The van der Waals surface area contributed by atoms with E-state index in [1.54, 1.807) is 33.0 Å². The highest BCUT2D eigenvalue weighted by Crippen LogP contribution is 2.47. The molecule has 0 radical (unpaired) electrons. The fourth-order valence-corrected chi connectivity index (χ4v) is 3.77. The standard InChI is InChI=1S/C22H20F3N5O/c1-12(14-5-4-6-15(9-14)22(23,24)25)27-19-16-10-17(21(11-26)7-8-21)30(3)20(31)18(16)28-13(2)29-19/h4-6,9-10,12H,7-8H2,1-3H3,(H,27,28,29)/t12-/m1/s1. The molecule has 1 aromatic carbocycles. The van der Waals surface area contributed by atoms with Crippen LogP contribution < -0.4 is 10.9 Å². The minimum atomic E-state index is -4.44. The predicted molar refractivity (Wildman–Crippen MR) is 110 cm³/mol. The molecule has 0 spiro atoms. The Kier molecular flexibility index (Phi) is 4.76. The molecule has 31 heavy (non-hydrogen) atoms. The summed E-state index contributed by atoms with van der Waals surface area (Å²) in [5.41, 5.74) is -0.547. The van der Waals surface area contributed by atoms with Gasteiger partial charge in [-0.05, 0) is 50.5 Å². The highest BCUT2D eigenvalue weighted by atomic mass is 19.4. The Labute approximate surface area is 176 Å². The van der Waals surface area contributed by atoms with Crippen LogP contribution >= 0.6 is 0 Å². The number of hydrogen-bond donors (Lipinski definition) is 1. The Bertz CT molecular complexity index is 1290. The van der Waals surface area contributed by atoms with Crippen molar-refractivity contribution in [2.24, 2.45) is 7.05 Å². The van der Waals surface area contributed by atoms with Gasteiger partial charge in [0.15, 0.2) is 0 Å². The number of aromatic nitrogens is 3. The van der Waals surface area contributed by atoms with E-state index in [1.165, 1.54) is 10.6 Å². The maximum Gasteiger partial charge on any atom is 0.416 e. The number of fused-ring (bicyclic) bond motifs is 1. The van der Waals surface area contributed by atoms with Crippen LogP contribution in [0.2, 0.25) is 0 Å². The summed E-state index contributed by atoms with van der Waals surface area (Å²) in [6, 6.07) is 8.59. The second-order valence-corrected chi connectivity index (χ2v) is 7.96. The van der Waals surface area contributed by atoms with Gasteiger partial charge >= 0.3 is 6.18 Å². The third-order valence-electron chi connectivity index (χ3n) is 5.73. The highest BCUT2D eigenvalue weighted by Gasteiger charge is 2.47. The minimum Gasteiger partial charge on any atom is -0.363 e. The lowest BCUT2D eigenvalue weighted by Crippen LogP contribution is -2.26. The molecule has 1 atom stereocenters. The van der Waals surface area contributed by atoms with Crippen LogP contribution in [0.5, 0.6) is 0 Å². The lowest BCUT2D eigenvalue weighted by molar-refractivity contribution is -0.137. The number of benzene rings is 1. The second-order valence-electron chi connectivity index (χ2n) is 7.96. The van der Waals surface area contributed by atoms with Gasteiger partial charge in [0.2, 0.25) is 0 Å². The van der Waals surface area contributed by atoms with Gasteiger partial charge in [0.25, 0.3) is 5.56 Å². The first-order chi connectivity index (χ1) is 14.6. The van der Waals surface area contributed by atoms with E-state index in [4.69, 9.17) is 0 Å². The molecule has 0 unspecified atom stereocenters. The van der Waals surface area contributed by atoms with E-state index in [2.05, 4.69) is 21.4 Å². The summed E-state index contributed by atoms with van der Waals surface area (Å²) in [6.07, 6.45) is -3.11. The topological polar surface area (TPSA) is 83.6 Å². The number of aryl methyl sites for hydroxylation is 1. The lowest BCUT2D eigenvalue weighted by atomic mass is 10.0. The van der Waals surface area contributed by atoms with E-state index in [0.717, 1.165) is 12.1 Å². The van der Waals surface area contributed by atoms with E-state index >= 15 is 0 Å². The molecule has 0 aliphatic heterocycles. The fourth-order valence-electron chi connectivity index (χ4n) is 3.77. The average molecular weight is 427 g/mol. The number of rotatable bonds is 4. The monoisotopic (exact) mass is 427 g/mol. The van der Waals surface area contributed by atoms with E-state index in [9.17, 15) is 23.2 Å². The fraction of sp³-hybridized carbons (Fsp3) is 0.364. The smallest absolute Gasteiger partial charge is 0.363 e. The van der Waals surface area contributed by atoms with Crippen molar-refractivity contribution < 1.29 is 13.2 Å². The number of anilines is 1. The van der Waals surface area contributed by atoms with Crippen molar-refractivity contribution in [3.63, 3.8) is 0 Å². The zero-order valence-electron chi connectivity index (χ0n) is 17.2. The Morgan fingerprint density at radius 2 is 1.97 bits per heavy atom. The molecule has 1 aliphatic carbocycles. The van der Waals surface area contributed by atoms with Crippen molar-refractivity contribution >= 4 is 16.7 Å². The Balaban J connectivity index is 1.81. The Morgan fingerprint density at radius 3 is 2.58 bits per heavy atom. The molecular weight excluding hydrogens is 407 g/mol. The van der Waals surface area contributed by atoms with Crippen LogP contribution in [0.15, 0.2) is 35.1 Å². The molecule has 2 heterocycles. The summed E-state index contributed by atoms with van der Waals surface area (Å²) in [5.74, 6) is 0.706. The summed E-state index contributed by atoms with van der Waals surface area (Å²) < 4.78 is 40.7. The number of halogens is 3. The third-order valence-corrected chi connectivity index (χ3v) is 5.73. The minimum absolute atomic E-state index is 0.200. The predicted octanol–water partition coefficient (Wildman–Crippen LogP) is 4.38. The van der Waals surface area contributed by atoms with Crippen molar-refractivity contribution in [3.8, 4) is 6.07 Å². The van der Waals surface area contributed by atoms with Gasteiger partial charge < -0.3 is 9.88 Å². The summed E-state index contributed by atoms with van der Waals surface area (Å²) in [7, 11) is 1.62. The third kappa shape index (κ3) is 3.63. The van der Waals surface area contributed by atoms with Crippen molar-refractivity contribution in [3.05, 3.63) is 63.3 Å². The number of pyridine rings is 1. The number of nitriles is 1. The van der Waals surface area contributed by atoms with Crippen molar-refractivity contribution in [1.29, 1.82) is 5.26 Å². The van der Waals surface area contributed by atoms with E-state index in [1.807, 2.05) is 0 Å². The zero-order chi connectivity index (χ0) is 22.6. The SMILES string of the molecule is Cc1nc(N[C@H](C)c2cccc(C(F)(F)F)c2)c2cc(C3(C#N)CC3)n(C)c(=O)c2n1. The summed E-state index contributed by atoms with van der Waals surface area (Å²) >= 11 is 0. The van der Waals surface area contributed by atoms with Gasteiger partial charge in [0, 0.05) is 18.8 Å². The number of nitrogens with zero attached hydrogens (tertiary/aromatic N) is 4. The van der Waals surface area contributed by atoms with Crippen LogP contribution in [-0.2, 0) is 18.6 Å².